The van der Waals surface area contributed by atoms with Crippen molar-refractivity contribution in [3.05, 3.63) is 64.6 Å². The van der Waals surface area contributed by atoms with E-state index in [1.807, 2.05) is 48.5 Å². The minimum Gasteiger partial charge on any atom is -0.482 e. The van der Waals surface area contributed by atoms with Gasteiger partial charge in [0.05, 0.1) is 17.1 Å². The molecule has 0 unspecified atom stereocenters. The maximum absolute atomic E-state index is 12.1. The average molecular weight is 390 g/mol. The van der Waals surface area contributed by atoms with Gasteiger partial charge in [0.25, 0.3) is 17.1 Å². The van der Waals surface area contributed by atoms with Crippen molar-refractivity contribution >= 4 is 40.6 Å². The van der Waals surface area contributed by atoms with E-state index in [9.17, 15) is 14.4 Å². The number of anilines is 1. The van der Waals surface area contributed by atoms with Crippen LogP contribution in [0.1, 0.15) is 11.1 Å². The third-order valence-electron chi connectivity index (χ3n) is 4.13. The summed E-state index contributed by atoms with van der Waals surface area (Å²) >= 11 is 0.883. The summed E-state index contributed by atoms with van der Waals surface area (Å²) in [5.41, 5.74) is 2.31. The van der Waals surface area contributed by atoms with Gasteiger partial charge in [-0.1, -0.05) is 36.1 Å². The Morgan fingerprint density at radius 3 is 2.64 bits per heavy atom. The smallest absolute Gasteiger partial charge is 0.290 e. The summed E-state index contributed by atoms with van der Waals surface area (Å²) in [5.74, 6) is 6.22. The number of nitrogens with zero attached hydrogens (tertiary/aromatic N) is 1. The van der Waals surface area contributed by atoms with Crippen molar-refractivity contribution in [3.8, 4) is 17.6 Å². The van der Waals surface area contributed by atoms with E-state index in [0.29, 0.717) is 10.7 Å². The second-order valence-corrected chi connectivity index (χ2v) is 7.03. The molecule has 138 valence electrons. The summed E-state index contributed by atoms with van der Waals surface area (Å²) in [5, 5.41) is 1.86. The van der Waals surface area contributed by atoms with Crippen LogP contribution in [-0.4, -0.2) is 30.2 Å². The Balaban J connectivity index is 1.46. The highest BCUT2D eigenvalue weighted by Crippen LogP contribution is 2.31. The molecule has 1 N–H and O–H groups in total. The lowest BCUT2D eigenvalue weighted by Gasteiger charge is -2.27. The zero-order chi connectivity index (χ0) is 19.5. The SMILES string of the molecule is O=C1NC(=O)/C(=C/c2ccc(C#CCN3C(=O)COc4ccccc43)cc2)S1. The van der Waals surface area contributed by atoms with Crippen LogP contribution in [0, 0.1) is 11.8 Å². The largest absolute Gasteiger partial charge is 0.482 e. The normalized spacial score (nSPS) is 16.9. The monoisotopic (exact) mass is 390 g/mol. The molecule has 0 aliphatic carbocycles. The van der Waals surface area contributed by atoms with Gasteiger partial charge < -0.3 is 4.74 Å². The van der Waals surface area contributed by atoms with E-state index in [4.69, 9.17) is 4.74 Å². The van der Waals surface area contributed by atoms with Gasteiger partial charge in [-0.3, -0.25) is 24.6 Å². The van der Waals surface area contributed by atoms with Gasteiger partial charge >= 0.3 is 0 Å². The first-order valence-electron chi connectivity index (χ1n) is 8.46. The Labute approximate surface area is 165 Å². The fourth-order valence-electron chi connectivity index (χ4n) is 2.78. The van der Waals surface area contributed by atoms with Crippen molar-refractivity contribution in [3.63, 3.8) is 0 Å². The number of para-hydroxylation sites is 2. The Bertz CT molecular complexity index is 1060. The van der Waals surface area contributed by atoms with E-state index < -0.39 is 0 Å². The summed E-state index contributed by atoms with van der Waals surface area (Å²) in [4.78, 5) is 36.9. The predicted molar refractivity (Wildman–Crippen MR) is 107 cm³/mol. The van der Waals surface area contributed by atoms with Crippen molar-refractivity contribution in [2.75, 3.05) is 18.1 Å². The van der Waals surface area contributed by atoms with E-state index in [-0.39, 0.29) is 30.2 Å². The molecule has 2 aromatic rings. The van der Waals surface area contributed by atoms with Gasteiger partial charge in [-0.15, -0.1) is 0 Å². The molecule has 0 aromatic heterocycles. The first-order valence-corrected chi connectivity index (χ1v) is 9.28. The van der Waals surface area contributed by atoms with Crippen molar-refractivity contribution in [2.24, 2.45) is 0 Å². The summed E-state index contributed by atoms with van der Waals surface area (Å²) in [6.07, 6.45) is 1.66. The van der Waals surface area contributed by atoms with Gasteiger partial charge in [0.15, 0.2) is 6.61 Å². The summed E-state index contributed by atoms with van der Waals surface area (Å²) in [6.45, 7) is 0.278. The van der Waals surface area contributed by atoms with Gasteiger partial charge in [0.1, 0.15) is 5.75 Å². The number of amides is 3. The molecule has 6 nitrogen and oxygen atoms in total. The molecule has 0 atom stereocenters. The molecule has 0 bridgehead atoms. The standard InChI is InChI=1S/C21H14N2O4S/c24-19-13-27-17-6-2-1-5-16(17)23(19)11-3-4-14-7-9-15(10-8-14)12-18-20(25)22-21(26)28-18/h1-2,5-10,12H,11,13H2,(H,22,25,26)/b18-12-. The molecule has 2 heterocycles. The molecule has 3 amide bonds. The minimum atomic E-state index is -0.380. The van der Waals surface area contributed by atoms with E-state index in [1.165, 1.54) is 0 Å². The maximum Gasteiger partial charge on any atom is 0.290 e. The molecule has 0 spiro atoms. The molecule has 0 saturated carbocycles. The quantitative estimate of drug-likeness (QED) is 0.630. The number of carbonyl (C=O) groups is 3. The summed E-state index contributed by atoms with van der Waals surface area (Å²) in [7, 11) is 0. The van der Waals surface area contributed by atoms with Gasteiger partial charge in [-0.2, -0.15) is 0 Å². The van der Waals surface area contributed by atoms with E-state index in [0.717, 1.165) is 28.6 Å². The van der Waals surface area contributed by atoms with Crippen LogP contribution in [0.3, 0.4) is 0 Å². The average Bonchev–Trinajstić information content (AvgIpc) is 3.01. The van der Waals surface area contributed by atoms with Crippen molar-refractivity contribution in [1.29, 1.82) is 0 Å². The first kappa shape index (κ1) is 17.9. The topological polar surface area (TPSA) is 75.7 Å². The molecule has 2 aromatic carbocycles. The Morgan fingerprint density at radius 2 is 1.89 bits per heavy atom. The summed E-state index contributed by atoms with van der Waals surface area (Å²) < 4.78 is 5.42. The molecule has 4 rings (SSSR count). The lowest BCUT2D eigenvalue weighted by molar-refractivity contribution is -0.121. The number of fused-ring (bicyclic) bond motifs is 1. The first-order chi connectivity index (χ1) is 13.6. The lowest BCUT2D eigenvalue weighted by Crippen LogP contribution is -2.38. The number of hydrogen-bond acceptors (Lipinski definition) is 5. The van der Waals surface area contributed by atoms with E-state index in [1.54, 1.807) is 11.0 Å². The van der Waals surface area contributed by atoms with Crippen molar-refractivity contribution in [2.45, 2.75) is 0 Å². The molecule has 28 heavy (non-hydrogen) atoms. The highest BCUT2D eigenvalue weighted by Gasteiger charge is 2.25. The fourth-order valence-corrected chi connectivity index (χ4v) is 3.47. The van der Waals surface area contributed by atoms with Gasteiger partial charge in [-0.05, 0) is 47.7 Å². The Hall–Kier alpha value is -3.50. The molecule has 1 saturated heterocycles. The number of rotatable bonds is 2. The van der Waals surface area contributed by atoms with Gasteiger partial charge in [0, 0.05) is 5.56 Å². The van der Waals surface area contributed by atoms with Crippen LogP contribution in [0.25, 0.3) is 6.08 Å². The number of hydrogen-bond donors (Lipinski definition) is 1. The van der Waals surface area contributed by atoms with Crippen molar-refractivity contribution in [1.82, 2.24) is 5.32 Å². The molecule has 2 aliphatic heterocycles. The fraction of sp³-hybridized carbons (Fsp3) is 0.0952. The zero-order valence-corrected chi connectivity index (χ0v) is 15.4. The number of ether oxygens (including phenoxy) is 1. The number of imide groups is 1. The number of nitrogens with one attached hydrogen (secondary N) is 1. The molecule has 0 radical (unpaired) electrons. The molecular formula is C21H14N2O4S. The van der Waals surface area contributed by atoms with Crippen LogP contribution in [0.15, 0.2) is 53.4 Å². The van der Waals surface area contributed by atoms with Crippen molar-refractivity contribution < 1.29 is 19.1 Å². The highest BCUT2D eigenvalue weighted by molar-refractivity contribution is 8.18. The number of carbonyl (C=O) groups excluding carboxylic acids is 3. The zero-order valence-electron chi connectivity index (χ0n) is 14.6. The molecule has 1 fully saturated rings. The number of benzene rings is 2. The second kappa shape index (κ2) is 7.62. The van der Waals surface area contributed by atoms with Crippen LogP contribution in [-0.2, 0) is 9.59 Å². The summed E-state index contributed by atoms with van der Waals surface area (Å²) in [6, 6.07) is 14.7. The van der Waals surface area contributed by atoms with E-state index in [2.05, 4.69) is 17.2 Å². The molecule has 2 aliphatic rings. The van der Waals surface area contributed by atoms with E-state index >= 15 is 0 Å². The maximum atomic E-state index is 12.1. The number of thioether (sulfide) groups is 1. The molecular weight excluding hydrogens is 376 g/mol. The lowest BCUT2D eigenvalue weighted by atomic mass is 10.1. The Kier molecular flexibility index (Phi) is 4.87. The van der Waals surface area contributed by atoms with Crippen LogP contribution < -0.4 is 15.0 Å². The van der Waals surface area contributed by atoms with Crippen LogP contribution in [0.5, 0.6) is 5.75 Å². The third kappa shape index (κ3) is 3.77. The van der Waals surface area contributed by atoms with Crippen LogP contribution in [0.4, 0.5) is 10.5 Å². The van der Waals surface area contributed by atoms with Gasteiger partial charge in [-0.25, -0.2) is 0 Å². The Morgan fingerprint density at radius 1 is 1.11 bits per heavy atom. The van der Waals surface area contributed by atoms with Crippen LogP contribution in [0.2, 0.25) is 0 Å². The third-order valence-corrected chi connectivity index (χ3v) is 4.94. The second-order valence-electron chi connectivity index (χ2n) is 6.01. The highest BCUT2D eigenvalue weighted by atomic mass is 32.2. The molecule has 7 heteroatoms. The minimum absolute atomic E-state index is 0.0101. The predicted octanol–water partition coefficient (Wildman–Crippen LogP) is 2.79. The van der Waals surface area contributed by atoms with Crippen LogP contribution >= 0.6 is 11.8 Å². The van der Waals surface area contributed by atoms with Gasteiger partial charge in [0.2, 0.25) is 0 Å².